The number of ether oxygens (including phenoxy) is 12. The Kier molecular flexibility index (Phi) is 34.9. The van der Waals surface area contributed by atoms with Crippen LogP contribution in [0.2, 0.25) is 0 Å². The SMILES string of the molecule is [B][C@@H]1O[C@H](COC(C)C)C(OP(=O)([O-])OC[C@H]2O[C@@H]([B])CC2OC(C)C)C1(O)O.[B][C@@H]1O[C@H](COC(C)C)C(OP(=O)([O-])OC[C@H]2O[C@@H]([B])CC2OC(C)C)C1=O.[B][C@@H]1O[C@H](COC(C)C)C2OP(=O)([O-])O[C@]21O.[B][C@H]1CC(OC(C)C)[C@@H](CO)O1.[OH-].[OH-]. The summed E-state index contributed by atoms with van der Waals surface area (Å²) in [6, 6.07) is -5.65. The molecule has 7 rings (SSSR count). The molecule has 12 radical (unpaired) electrons. The lowest BCUT2D eigenvalue weighted by molar-refractivity contribution is -0.259. The minimum atomic E-state index is -5.00. The van der Waals surface area contributed by atoms with Gasteiger partial charge in [-0.25, -0.2) is 0 Å². The van der Waals surface area contributed by atoms with Crippen molar-refractivity contribution >= 4 is 76.3 Å². The second kappa shape index (κ2) is 36.7. The Bertz CT molecular complexity index is 2210. The topological polar surface area (TPSA) is 445 Å². The Balaban J connectivity index is 0.000000416. The monoisotopic (exact) mass is 1320 g/mol. The fourth-order valence-electron chi connectivity index (χ4n) is 9.19. The van der Waals surface area contributed by atoms with Gasteiger partial charge in [-0.15, -0.1) is 0 Å². The fourth-order valence-corrected chi connectivity index (χ4v) is 12.2. The van der Waals surface area contributed by atoms with E-state index in [4.69, 9.17) is 127 Å². The smallest absolute Gasteiger partial charge is 0.271 e. The van der Waals surface area contributed by atoms with Crippen LogP contribution in [0, 0.1) is 0 Å². The summed E-state index contributed by atoms with van der Waals surface area (Å²) in [6.07, 6.45) is -8.83. The summed E-state index contributed by atoms with van der Waals surface area (Å²) in [5.41, 5.74) is 0. The molecule has 500 valence electrons. The summed E-state index contributed by atoms with van der Waals surface area (Å²) in [5.74, 6) is -5.62. The third-order valence-corrected chi connectivity index (χ3v) is 15.9. The summed E-state index contributed by atoms with van der Waals surface area (Å²) >= 11 is 0. The number of phosphoric ester groups is 3. The molecule has 9 unspecified atom stereocenters. The number of hydrogen-bond acceptors (Lipinski definition) is 31. The van der Waals surface area contributed by atoms with Crippen molar-refractivity contribution in [2.45, 2.75) is 260 Å². The predicted molar refractivity (Wildman–Crippen MR) is 302 cm³/mol. The van der Waals surface area contributed by atoms with Gasteiger partial charge in [0.1, 0.15) is 89.8 Å². The Morgan fingerprint density at radius 1 is 0.557 bits per heavy atom. The molecule has 0 spiro atoms. The van der Waals surface area contributed by atoms with Crippen LogP contribution in [0.15, 0.2) is 0 Å². The van der Waals surface area contributed by atoms with Crippen LogP contribution in [0.1, 0.15) is 102 Å². The van der Waals surface area contributed by atoms with E-state index in [0.717, 1.165) is 0 Å². The van der Waals surface area contributed by atoms with Crippen molar-refractivity contribution in [3.8, 4) is 0 Å². The third-order valence-electron chi connectivity index (χ3n) is 13.0. The van der Waals surface area contributed by atoms with Crippen LogP contribution in [0.25, 0.3) is 0 Å². The number of rotatable bonds is 26. The standard InChI is InChI=1S/C16H29B2O10P.C16H27B2O9P.C8H14BO7P.C8H15BO3.2H2O/c1-8(2)23-6-12-14(16(19,20)15(18)27-12)28-29(21,22)24-7-11-10(25-9(3)4)5-13(17)26-11;1-8(2)22-6-12-15(14(19)16(18)26-12)27-28(20,21)23-7-11-10(24-9(3)4)5-13(17)25-11;1-4(2)13-3-5-6-8(10,7(9)14-5)16-17(11,12)15-6;1-5(2)11-6-3-8(9)12-7(6)4-10;;/h8-15,19-20H,5-7H2,1-4H3,(H,21,22);8-13,15-16H,5-7H2,1-4H3,(H,20,21);4-7,10H,3H2,1-2H3,(H,11,12);5-8,10H,3-4H2,1-2H3;2*1H2/p-5/t10?,11-,12-,13-,14?,15-;10?,11-,12-,13-,15?,16-;5-,6?,7-,8-;6?,7-,8-;;/m1111../s1. The zero-order valence-electron chi connectivity index (χ0n) is 51.4. The molecule has 7 aliphatic heterocycles. The van der Waals surface area contributed by atoms with E-state index < -0.39 is 138 Å². The molecule has 88 heavy (non-hydrogen) atoms. The Morgan fingerprint density at radius 2 is 0.943 bits per heavy atom. The lowest BCUT2D eigenvalue weighted by Crippen LogP contribution is -2.50. The van der Waals surface area contributed by atoms with E-state index in [9.17, 15) is 48.5 Å². The number of aliphatic hydroxyl groups is 4. The van der Waals surface area contributed by atoms with Crippen molar-refractivity contribution in [3.05, 3.63) is 0 Å². The molecule has 0 bridgehead atoms. The molecule has 40 heteroatoms. The van der Waals surface area contributed by atoms with E-state index in [0.29, 0.717) is 19.3 Å². The van der Waals surface area contributed by atoms with Crippen molar-refractivity contribution in [2.75, 3.05) is 39.6 Å². The zero-order valence-corrected chi connectivity index (χ0v) is 54.1. The largest absolute Gasteiger partial charge is 0.870 e. The number of hydrogen-bond donors (Lipinski definition) is 4. The van der Waals surface area contributed by atoms with Crippen molar-refractivity contribution in [1.29, 1.82) is 0 Å². The first-order valence-electron chi connectivity index (χ1n) is 28.2. The van der Waals surface area contributed by atoms with Gasteiger partial charge in [-0.05, 0) is 102 Å². The van der Waals surface area contributed by atoms with Gasteiger partial charge in [-0.3, -0.25) is 23.0 Å². The van der Waals surface area contributed by atoms with E-state index >= 15 is 0 Å². The Hall–Kier alpha value is -0.330. The summed E-state index contributed by atoms with van der Waals surface area (Å²) in [4.78, 5) is 47.8. The fraction of sp³-hybridized carbons (Fsp3) is 0.979. The van der Waals surface area contributed by atoms with Gasteiger partial charge in [-0.1, -0.05) is 0 Å². The molecule has 7 fully saturated rings. The molecule has 7 heterocycles. The van der Waals surface area contributed by atoms with Crippen LogP contribution in [0.5, 0.6) is 0 Å². The van der Waals surface area contributed by atoms with Gasteiger partial charge in [0.15, 0.2) is 18.0 Å². The van der Waals surface area contributed by atoms with Gasteiger partial charge in [0.05, 0.1) is 113 Å². The molecule has 6 N–H and O–H groups in total. The first kappa shape index (κ1) is 83.8. The predicted octanol–water partition coefficient (Wildman–Crippen LogP) is -2.67. The molecule has 0 amide bonds. The van der Waals surface area contributed by atoms with E-state index in [1.54, 1.807) is 27.7 Å². The highest BCUT2D eigenvalue weighted by atomic mass is 31.2. The van der Waals surface area contributed by atoms with Crippen LogP contribution in [-0.4, -0.2) is 281 Å². The second-order valence-corrected chi connectivity index (χ2v) is 26.7. The molecule has 7 aliphatic rings. The number of fused-ring (bicyclic) bond motifs is 1. The van der Waals surface area contributed by atoms with Crippen LogP contribution < -0.4 is 14.7 Å². The van der Waals surface area contributed by atoms with E-state index in [1.165, 1.54) is 0 Å². The Labute approximate surface area is 522 Å². The van der Waals surface area contributed by atoms with Crippen LogP contribution in [0.4, 0.5) is 0 Å². The number of ketones is 1. The number of phosphoric acid groups is 3. The average molecular weight is 1310 g/mol. The average Bonchev–Trinajstić information content (AvgIpc) is 1.71. The van der Waals surface area contributed by atoms with Crippen LogP contribution in [-0.2, 0) is 102 Å². The first-order chi connectivity index (χ1) is 39.7. The van der Waals surface area contributed by atoms with E-state index in [1.807, 2.05) is 55.4 Å². The minimum Gasteiger partial charge on any atom is -0.870 e. The highest BCUT2D eigenvalue weighted by Crippen LogP contribution is 2.58. The van der Waals surface area contributed by atoms with Crippen LogP contribution >= 0.6 is 23.5 Å². The van der Waals surface area contributed by atoms with Crippen molar-refractivity contribution in [1.82, 2.24) is 0 Å². The molecule has 7 saturated heterocycles. The molecule has 0 aliphatic carbocycles. The normalized spacial score (nSPS) is 38.0. The van der Waals surface area contributed by atoms with Gasteiger partial charge < -0.3 is 126 Å². The highest BCUT2D eigenvalue weighted by Gasteiger charge is 2.63. The van der Waals surface area contributed by atoms with Crippen molar-refractivity contribution in [2.24, 2.45) is 0 Å². The maximum absolute atomic E-state index is 12.3. The molecule has 0 saturated carbocycles. The first-order valence-corrected chi connectivity index (χ1v) is 32.6. The maximum Gasteiger partial charge on any atom is 0.271 e. The summed E-state index contributed by atoms with van der Waals surface area (Å²) < 4.78 is 129. The quantitative estimate of drug-likeness (QED) is 0.0390. The summed E-state index contributed by atoms with van der Waals surface area (Å²) in [7, 11) is 19.2. The van der Waals surface area contributed by atoms with E-state index in [-0.39, 0.29) is 98.8 Å². The van der Waals surface area contributed by atoms with Gasteiger partial charge in [0.25, 0.3) is 23.5 Å². The molecular weight excluding hydrogens is 1230 g/mol. The van der Waals surface area contributed by atoms with Gasteiger partial charge in [0.2, 0.25) is 11.6 Å². The third kappa shape index (κ3) is 26.0. The maximum atomic E-state index is 12.3. The van der Waals surface area contributed by atoms with Crippen LogP contribution in [0.3, 0.4) is 0 Å². The molecule has 0 aromatic heterocycles. The molecule has 31 nitrogen and oxygen atoms in total. The lowest BCUT2D eigenvalue weighted by atomic mass is 9.90. The molecule has 0 aromatic carbocycles. The molecule has 0 aromatic rings. The summed E-state index contributed by atoms with van der Waals surface area (Å²) in [6.45, 7) is 21.0. The minimum absolute atomic E-state index is 0. The second-order valence-electron chi connectivity index (χ2n) is 22.7. The number of carbonyl (C=O) groups is 1. The summed E-state index contributed by atoms with van der Waals surface area (Å²) in [5, 5.41) is 39.1. The number of carbonyl (C=O) groups excluding carboxylic acids is 1. The molecule has 22 atom stereocenters. The lowest BCUT2D eigenvalue weighted by Gasteiger charge is -2.34. The number of aliphatic hydroxyl groups excluding tert-OH is 1. The number of Topliss-reactive ketones (excluding diaryl/α,β-unsaturated/α-hetero) is 1. The van der Waals surface area contributed by atoms with Gasteiger partial charge >= 0.3 is 0 Å². The van der Waals surface area contributed by atoms with E-state index in [2.05, 4.69) is 9.05 Å². The van der Waals surface area contributed by atoms with Crippen molar-refractivity contribution in [3.63, 3.8) is 0 Å². The van der Waals surface area contributed by atoms with Crippen molar-refractivity contribution < 1.29 is 149 Å². The molecular formula is C48H84B6O31P3-5. The van der Waals surface area contributed by atoms with Gasteiger partial charge in [-0.2, -0.15) is 0 Å². The zero-order chi connectivity index (χ0) is 65.0. The highest BCUT2D eigenvalue weighted by molar-refractivity contribution is 7.46. The van der Waals surface area contributed by atoms with Gasteiger partial charge in [0, 0.05) is 18.0 Å². The Morgan fingerprint density at radius 3 is 1.36 bits per heavy atom.